The molecule has 0 radical (unpaired) electrons. The number of nitrogens with zero attached hydrogens (tertiary/aromatic N) is 4. The fourth-order valence-corrected chi connectivity index (χ4v) is 3.30. The van der Waals surface area contributed by atoms with Gasteiger partial charge in [0.1, 0.15) is 0 Å². The minimum absolute atomic E-state index is 0.127. The van der Waals surface area contributed by atoms with Gasteiger partial charge in [-0.2, -0.15) is 0 Å². The number of aromatic nitrogens is 3. The van der Waals surface area contributed by atoms with E-state index in [1.54, 1.807) is 10.9 Å². The number of carbonyl (C=O) groups excluding carboxylic acids is 1. The van der Waals surface area contributed by atoms with Crippen LogP contribution < -0.4 is 5.32 Å². The first kappa shape index (κ1) is 15.3. The number of likely N-dealkylation sites (tertiary alicyclic amines) is 1. The van der Waals surface area contributed by atoms with Crippen molar-refractivity contribution in [1.29, 1.82) is 0 Å². The van der Waals surface area contributed by atoms with E-state index in [2.05, 4.69) is 20.5 Å². The molecule has 2 aromatic rings. The highest BCUT2D eigenvalue weighted by molar-refractivity contribution is 5.92. The summed E-state index contributed by atoms with van der Waals surface area (Å²) in [6.07, 6.45) is 6.43. The minimum atomic E-state index is -0.127. The van der Waals surface area contributed by atoms with E-state index in [0.717, 1.165) is 37.7 Å². The van der Waals surface area contributed by atoms with Crippen LogP contribution in [0.15, 0.2) is 30.5 Å². The lowest BCUT2D eigenvalue weighted by molar-refractivity contribution is 0.0904. The molecule has 1 aliphatic carbocycles. The Morgan fingerprint density at radius 3 is 2.50 bits per heavy atom. The molecule has 126 valence electrons. The van der Waals surface area contributed by atoms with Crippen molar-refractivity contribution in [3.8, 4) is 5.69 Å². The Bertz CT molecular complexity index is 711. The summed E-state index contributed by atoms with van der Waals surface area (Å²) in [5.74, 6) is -0.127. The summed E-state index contributed by atoms with van der Waals surface area (Å²) in [7, 11) is 0. The molecule has 6 nitrogen and oxygen atoms in total. The highest BCUT2D eigenvalue weighted by Gasteiger charge is 2.32. The molecule has 2 fully saturated rings. The van der Waals surface area contributed by atoms with Gasteiger partial charge in [-0.15, -0.1) is 5.10 Å². The Morgan fingerprint density at radius 2 is 1.83 bits per heavy atom. The summed E-state index contributed by atoms with van der Waals surface area (Å²) in [4.78, 5) is 15.0. The predicted molar refractivity (Wildman–Crippen MR) is 91.2 cm³/mol. The Morgan fingerprint density at radius 1 is 1.12 bits per heavy atom. The van der Waals surface area contributed by atoms with Crippen molar-refractivity contribution >= 4 is 5.91 Å². The topological polar surface area (TPSA) is 63.1 Å². The average Bonchev–Trinajstić information content (AvgIpc) is 3.33. The number of benzene rings is 1. The van der Waals surface area contributed by atoms with Crippen molar-refractivity contribution in [3.63, 3.8) is 0 Å². The SMILES string of the molecule is Cc1ccc(-n2cc(C(=O)NC3CCN(C4CC4)CC3)nn2)cc1. The molecule has 1 saturated heterocycles. The summed E-state index contributed by atoms with van der Waals surface area (Å²) < 4.78 is 1.64. The minimum Gasteiger partial charge on any atom is -0.348 e. The van der Waals surface area contributed by atoms with Crippen molar-refractivity contribution in [2.24, 2.45) is 0 Å². The van der Waals surface area contributed by atoms with Gasteiger partial charge in [0.05, 0.1) is 11.9 Å². The van der Waals surface area contributed by atoms with Crippen LogP contribution in [0.2, 0.25) is 0 Å². The van der Waals surface area contributed by atoms with E-state index >= 15 is 0 Å². The van der Waals surface area contributed by atoms with Crippen LogP contribution in [0.25, 0.3) is 5.69 Å². The van der Waals surface area contributed by atoms with Crippen molar-refractivity contribution in [2.75, 3.05) is 13.1 Å². The summed E-state index contributed by atoms with van der Waals surface area (Å²) >= 11 is 0. The van der Waals surface area contributed by atoms with Gasteiger partial charge in [-0.05, 0) is 44.7 Å². The molecule has 1 amide bonds. The second-order valence-electron chi connectivity index (χ2n) is 6.90. The zero-order valence-corrected chi connectivity index (χ0v) is 14.0. The van der Waals surface area contributed by atoms with Crippen LogP contribution >= 0.6 is 0 Å². The summed E-state index contributed by atoms with van der Waals surface area (Å²) in [5.41, 5.74) is 2.47. The number of hydrogen-bond acceptors (Lipinski definition) is 4. The largest absolute Gasteiger partial charge is 0.348 e. The van der Waals surface area contributed by atoms with Gasteiger partial charge in [0.15, 0.2) is 5.69 Å². The first-order valence-electron chi connectivity index (χ1n) is 8.73. The molecule has 2 aliphatic rings. The number of nitrogens with one attached hydrogen (secondary N) is 1. The number of amides is 1. The molecular formula is C18H23N5O. The van der Waals surface area contributed by atoms with Crippen LogP contribution in [0, 0.1) is 6.92 Å². The maximum Gasteiger partial charge on any atom is 0.273 e. The molecule has 0 bridgehead atoms. The molecule has 1 aromatic carbocycles. The number of aryl methyl sites for hydroxylation is 1. The third kappa shape index (κ3) is 3.33. The van der Waals surface area contributed by atoms with Gasteiger partial charge in [-0.3, -0.25) is 4.79 Å². The number of rotatable bonds is 4. The second-order valence-corrected chi connectivity index (χ2v) is 6.90. The van der Waals surface area contributed by atoms with Crippen LogP contribution in [0.1, 0.15) is 41.7 Å². The fraction of sp³-hybridized carbons (Fsp3) is 0.500. The molecule has 1 N–H and O–H groups in total. The van der Waals surface area contributed by atoms with Gasteiger partial charge >= 0.3 is 0 Å². The molecule has 1 aromatic heterocycles. The van der Waals surface area contributed by atoms with Crippen molar-refractivity contribution in [1.82, 2.24) is 25.2 Å². The van der Waals surface area contributed by atoms with Crippen LogP contribution in [0.5, 0.6) is 0 Å². The van der Waals surface area contributed by atoms with Crippen molar-refractivity contribution in [2.45, 2.75) is 44.7 Å². The Balaban J connectivity index is 1.35. The van der Waals surface area contributed by atoms with Crippen molar-refractivity contribution < 1.29 is 4.79 Å². The van der Waals surface area contributed by atoms with Crippen LogP contribution in [-0.2, 0) is 0 Å². The standard InChI is InChI=1S/C18H23N5O/c1-13-2-4-16(5-3-13)23-12-17(20-21-23)18(24)19-14-8-10-22(11-9-14)15-6-7-15/h2-5,12,14-15H,6-11H2,1H3,(H,19,24). The number of carbonyl (C=O) groups is 1. The average molecular weight is 325 g/mol. The summed E-state index contributed by atoms with van der Waals surface area (Å²) in [6.45, 7) is 4.22. The monoisotopic (exact) mass is 325 g/mol. The summed E-state index contributed by atoms with van der Waals surface area (Å²) in [5, 5.41) is 11.2. The molecule has 2 heterocycles. The van der Waals surface area contributed by atoms with E-state index in [-0.39, 0.29) is 11.9 Å². The fourth-order valence-electron chi connectivity index (χ4n) is 3.30. The molecule has 0 spiro atoms. The third-order valence-corrected chi connectivity index (χ3v) is 4.95. The first-order valence-corrected chi connectivity index (χ1v) is 8.73. The lowest BCUT2D eigenvalue weighted by atomic mass is 10.0. The lowest BCUT2D eigenvalue weighted by Crippen LogP contribution is -2.45. The molecular weight excluding hydrogens is 302 g/mol. The van der Waals surface area contributed by atoms with E-state index in [9.17, 15) is 4.79 Å². The van der Waals surface area contributed by atoms with Gasteiger partial charge in [-0.25, -0.2) is 4.68 Å². The zero-order valence-electron chi connectivity index (χ0n) is 14.0. The second kappa shape index (κ2) is 6.36. The third-order valence-electron chi connectivity index (χ3n) is 4.95. The molecule has 6 heteroatoms. The quantitative estimate of drug-likeness (QED) is 0.933. The molecule has 4 rings (SSSR count). The Kier molecular flexibility index (Phi) is 4.06. The normalized spacial score (nSPS) is 19.4. The highest BCUT2D eigenvalue weighted by atomic mass is 16.2. The van der Waals surface area contributed by atoms with Gasteiger partial charge in [-0.1, -0.05) is 22.9 Å². The maximum atomic E-state index is 12.4. The smallest absolute Gasteiger partial charge is 0.273 e. The first-order chi connectivity index (χ1) is 11.7. The molecule has 0 unspecified atom stereocenters. The van der Waals surface area contributed by atoms with Gasteiger partial charge in [0, 0.05) is 25.2 Å². The van der Waals surface area contributed by atoms with Gasteiger partial charge in [0.2, 0.25) is 0 Å². The van der Waals surface area contributed by atoms with Crippen molar-refractivity contribution in [3.05, 3.63) is 41.7 Å². The van der Waals surface area contributed by atoms with Gasteiger partial charge in [0.25, 0.3) is 5.91 Å². The number of hydrogen-bond donors (Lipinski definition) is 1. The van der Waals surface area contributed by atoms with Crippen LogP contribution in [0.4, 0.5) is 0 Å². The zero-order chi connectivity index (χ0) is 16.5. The molecule has 24 heavy (non-hydrogen) atoms. The summed E-state index contributed by atoms with van der Waals surface area (Å²) in [6, 6.07) is 9.04. The number of piperidine rings is 1. The predicted octanol–water partition coefficient (Wildman–Crippen LogP) is 1.93. The lowest BCUT2D eigenvalue weighted by Gasteiger charge is -2.32. The van der Waals surface area contributed by atoms with E-state index in [1.807, 2.05) is 31.2 Å². The van der Waals surface area contributed by atoms with Gasteiger partial charge < -0.3 is 10.2 Å². The van der Waals surface area contributed by atoms with E-state index in [1.165, 1.54) is 18.4 Å². The molecule has 1 aliphatic heterocycles. The van der Waals surface area contributed by atoms with Crippen LogP contribution in [0.3, 0.4) is 0 Å². The van der Waals surface area contributed by atoms with Crippen LogP contribution in [-0.4, -0.2) is 51.0 Å². The Hall–Kier alpha value is -2.21. The van der Waals surface area contributed by atoms with E-state index < -0.39 is 0 Å². The van der Waals surface area contributed by atoms with E-state index in [0.29, 0.717) is 5.69 Å². The van der Waals surface area contributed by atoms with E-state index in [4.69, 9.17) is 0 Å². The molecule has 1 saturated carbocycles. The highest BCUT2D eigenvalue weighted by Crippen LogP contribution is 2.29. The maximum absolute atomic E-state index is 12.4. The Labute approximate surface area is 141 Å². The molecule has 0 atom stereocenters.